The lowest BCUT2D eigenvalue weighted by atomic mass is 10.1. The number of imidazole rings is 1. The number of benzene rings is 2. The summed E-state index contributed by atoms with van der Waals surface area (Å²) in [6.45, 7) is 1.72. The number of anilines is 1. The van der Waals surface area contributed by atoms with Gasteiger partial charge in [0.25, 0.3) is 5.91 Å². The van der Waals surface area contributed by atoms with Gasteiger partial charge in [-0.25, -0.2) is 9.97 Å². The normalized spacial score (nSPS) is 10.7. The van der Waals surface area contributed by atoms with Gasteiger partial charge in [-0.1, -0.05) is 18.2 Å². The molecule has 0 spiro atoms. The first-order valence-corrected chi connectivity index (χ1v) is 11.3. The van der Waals surface area contributed by atoms with Crippen LogP contribution >= 0.6 is 0 Å². The first-order valence-electron chi connectivity index (χ1n) is 11.3. The fourth-order valence-electron chi connectivity index (χ4n) is 3.87. The predicted molar refractivity (Wildman–Crippen MR) is 132 cm³/mol. The van der Waals surface area contributed by atoms with Gasteiger partial charge < -0.3 is 9.30 Å². The Labute approximate surface area is 203 Å². The molecule has 2 aromatic carbocycles. The predicted octanol–water partition coefficient (Wildman–Crippen LogP) is 3.84. The molecule has 0 unspecified atom stereocenters. The zero-order valence-electron chi connectivity index (χ0n) is 19.6. The summed E-state index contributed by atoms with van der Waals surface area (Å²) in [6, 6.07) is 20.2. The van der Waals surface area contributed by atoms with Gasteiger partial charge in [0.05, 0.1) is 29.3 Å². The van der Waals surface area contributed by atoms with E-state index in [-0.39, 0.29) is 19.1 Å². The molecule has 0 saturated heterocycles. The highest BCUT2D eigenvalue weighted by Crippen LogP contribution is 2.21. The summed E-state index contributed by atoms with van der Waals surface area (Å²) in [4.78, 5) is 35.9. The maximum absolute atomic E-state index is 13.4. The van der Waals surface area contributed by atoms with Crippen molar-refractivity contribution in [3.63, 3.8) is 0 Å². The quantitative estimate of drug-likeness (QED) is 0.365. The average Bonchev–Trinajstić information content (AvgIpc) is 3.21. The molecule has 0 aliphatic carbocycles. The number of carbonyl (C=O) groups is 2. The van der Waals surface area contributed by atoms with Crippen LogP contribution in [-0.4, -0.2) is 39.6 Å². The summed E-state index contributed by atoms with van der Waals surface area (Å²) in [5, 5.41) is 8.96. The van der Waals surface area contributed by atoms with Crippen molar-refractivity contribution in [2.45, 2.75) is 19.8 Å². The van der Waals surface area contributed by atoms with Crippen molar-refractivity contribution in [2.75, 3.05) is 18.1 Å². The summed E-state index contributed by atoms with van der Waals surface area (Å²) >= 11 is 0. The lowest BCUT2D eigenvalue weighted by molar-refractivity contribution is -0.141. The molecule has 8 heteroatoms. The minimum absolute atomic E-state index is 0.230. The standard InChI is InChI=1S/C27H25N5O3/c1-3-35-26(33)18-32(24-6-4-5-15-29-24)27(34)21-12-13-23-22(16-21)30-25(31(23)2)14-11-19-7-9-20(17-28)10-8-19/h4-10,12-13,15-16H,3,11,14,18H2,1-2H3. The third-order valence-electron chi connectivity index (χ3n) is 5.70. The van der Waals surface area contributed by atoms with E-state index in [0.717, 1.165) is 23.3 Å². The zero-order valence-corrected chi connectivity index (χ0v) is 19.6. The summed E-state index contributed by atoms with van der Waals surface area (Å²) in [5.41, 5.74) is 3.77. The van der Waals surface area contributed by atoms with Crippen LogP contribution in [0.1, 0.15) is 34.2 Å². The van der Waals surface area contributed by atoms with Crippen LogP contribution in [0.5, 0.6) is 0 Å². The van der Waals surface area contributed by atoms with Crippen LogP contribution in [0, 0.1) is 11.3 Å². The molecule has 176 valence electrons. The molecule has 0 aliphatic rings. The van der Waals surface area contributed by atoms with Gasteiger partial charge in [-0.05, 0) is 61.4 Å². The van der Waals surface area contributed by atoms with E-state index in [4.69, 9.17) is 15.0 Å². The molecule has 0 bridgehead atoms. The lowest BCUT2D eigenvalue weighted by Gasteiger charge is -2.20. The summed E-state index contributed by atoms with van der Waals surface area (Å²) in [7, 11) is 1.95. The Morgan fingerprint density at radius 1 is 1.09 bits per heavy atom. The van der Waals surface area contributed by atoms with Crippen LogP contribution in [0.2, 0.25) is 0 Å². The van der Waals surface area contributed by atoms with Crippen molar-refractivity contribution >= 4 is 28.7 Å². The number of hydrogen-bond acceptors (Lipinski definition) is 6. The molecule has 35 heavy (non-hydrogen) atoms. The van der Waals surface area contributed by atoms with Crippen LogP contribution in [0.3, 0.4) is 0 Å². The van der Waals surface area contributed by atoms with Crippen molar-refractivity contribution in [3.8, 4) is 6.07 Å². The van der Waals surface area contributed by atoms with E-state index in [1.54, 1.807) is 43.5 Å². The molecule has 0 saturated carbocycles. The fraction of sp³-hybridized carbons (Fsp3) is 0.222. The van der Waals surface area contributed by atoms with Crippen LogP contribution in [0.4, 0.5) is 5.82 Å². The Kier molecular flexibility index (Phi) is 7.17. The summed E-state index contributed by atoms with van der Waals surface area (Å²) < 4.78 is 7.07. The van der Waals surface area contributed by atoms with E-state index >= 15 is 0 Å². The number of aryl methyl sites for hydroxylation is 3. The number of esters is 1. The molecular formula is C27H25N5O3. The molecule has 0 fully saturated rings. The number of hydrogen-bond donors (Lipinski definition) is 0. The van der Waals surface area contributed by atoms with Crippen molar-refractivity contribution < 1.29 is 14.3 Å². The van der Waals surface area contributed by atoms with Gasteiger partial charge in [0.1, 0.15) is 18.2 Å². The van der Waals surface area contributed by atoms with E-state index in [2.05, 4.69) is 11.1 Å². The number of amides is 1. The second-order valence-electron chi connectivity index (χ2n) is 7.98. The SMILES string of the molecule is CCOC(=O)CN(C(=O)c1ccc2c(c1)nc(CCc1ccc(C#N)cc1)n2C)c1ccccn1. The molecule has 1 amide bonds. The first-order chi connectivity index (χ1) is 17.0. The molecule has 8 nitrogen and oxygen atoms in total. The largest absolute Gasteiger partial charge is 0.465 e. The Morgan fingerprint density at radius 3 is 2.57 bits per heavy atom. The highest BCUT2D eigenvalue weighted by atomic mass is 16.5. The number of ether oxygens (including phenoxy) is 1. The number of carbonyl (C=O) groups excluding carboxylic acids is 2. The van der Waals surface area contributed by atoms with Gasteiger partial charge in [-0.2, -0.15) is 5.26 Å². The van der Waals surface area contributed by atoms with Gasteiger partial charge >= 0.3 is 5.97 Å². The van der Waals surface area contributed by atoms with Crippen molar-refractivity contribution in [1.29, 1.82) is 5.26 Å². The highest BCUT2D eigenvalue weighted by Gasteiger charge is 2.23. The van der Waals surface area contributed by atoms with Crippen LogP contribution in [-0.2, 0) is 29.4 Å². The van der Waals surface area contributed by atoms with E-state index in [1.165, 1.54) is 4.90 Å². The molecule has 0 N–H and O–H groups in total. The van der Waals surface area contributed by atoms with Crippen LogP contribution < -0.4 is 4.90 Å². The molecule has 2 heterocycles. The Morgan fingerprint density at radius 2 is 1.89 bits per heavy atom. The molecule has 0 aliphatic heterocycles. The molecular weight excluding hydrogens is 442 g/mol. The topological polar surface area (TPSA) is 101 Å². The molecule has 4 rings (SSSR count). The zero-order chi connectivity index (χ0) is 24.8. The fourth-order valence-corrected chi connectivity index (χ4v) is 3.87. The number of rotatable bonds is 8. The van der Waals surface area contributed by atoms with Crippen LogP contribution in [0.15, 0.2) is 66.9 Å². The number of nitrogens with zero attached hydrogens (tertiary/aromatic N) is 5. The monoisotopic (exact) mass is 467 g/mol. The first kappa shape index (κ1) is 23.6. The van der Waals surface area contributed by atoms with Gasteiger partial charge in [-0.15, -0.1) is 0 Å². The van der Waals surface area contributed by atoms with E-state index in [9.17, 15) is 9.59 Å². The second kappa shape index (κ2) is 10.6. The third kappa shape index (κ3) is 5.36. The average molecular weight is 468 g/mol. The lowest BCUT2D eigenvalue weighted by Crippen LogP contribution is -2.37. The smallest absolute Gasteiger partial charge is 0.326 e. The number of pyridine rings is 1. The van der Waals surface area contributed by atoms with Gasteiger partial charge in [0, 0.05) is 25.2 Å². The second-order valence-corrected chi connectivity index (χ2v) is 7.98. The van der Waals surface area contributed by atoms with Gasteiger partial charge in [-0.3, -0.25) is 14.5 Å². The molecule has 2 aromatic heterocycles. The minimum Gasteiger partial charge on any atom is -0.465 e. The number of fused-ring (bicyclic) bond motifs is 1. The number of aromatic nitrogens is 3. The van der Waals surface area contributed by atoms with E-state index in [1.807, 2.05) is 41.9 Å². The Hall–Kier alpha value is -4.51. The van der Waals surface area contributed by atoms with E-state index in [0.29, 0.717) is 28.9 Å². The van der Waals surface area contributed by atoms with Crippen LogP contribution in [0.25, 0.3) is 11.0 Å². The third-order valence-corrected chi connectivity index (χ3v) is 5.70. The summed E-state index contributed by atoms with van der Waals surface area (Å²) in [6.07, 6.45) is 3.06. The summed E-state index contributed by atoms with van der Waals surface area (Å²) in [5.74, 6) is 0.399. The van der Waals surface area contributed by atoms with Gasteiger partial charge in [0.15, 0.2) is 0 Å². The number of nitriles is 1. The van der Waals surface area contributed by atoms with Gasteiger partial charge in [0.2, 0.25) is 0 Å². The van der Waals surface area contributed by atoms with Crippen molar-refractivity contribution in [1.82, 2.24) is 14.5 Å². The Balaban J connectivity index is 1.58. The maximum Gasteiger partial charge on any atom is 0.326 e. The molecule has 0 radical (unpaired) electrons. The van der Waals surface area contributed by atoms with E-state index < -0.39 is 5.97 Å². The molecule has 0 atom stereocenters. The molecule has 4 aromatic rings. The minimum atomic E-state index is -0.504. The highest BCUT2D eigenvalue weighted by molar-refractivity contribution is 6.09. The van der Waals surface area contributed by atoms with Crippen molar-refractivity contribution in [3.05, 3.63) is 89.4 Å². The van der Waals surface area contributed by atoms with Crippen molar-refractivity contribution in [2.24, 2.45) is 7.05 Å². The Bertz CT molecular complexity index is 1390. The maximum atomic E-state index is 13.4.